The Morgan fingerprint density at radius 2 is 1.85 bits per heavy atom. The number of ether oxygens (including phenoxy) is 1. The third kappa shape index (κ3) is 3.33. The molecule has 1 aromatic rings. The molecule has 7 heteroatoms. The zero-order chi connectivity index (χ0) is 17.4. The number of halogens is 1. The van der Waals surface area contributed by atoms with Gasteiger partial charge in [-0.25, -0.2) is 0 Å². The zero-order valence-corrected chi connectivity index (χ0v) is 15.6. The fourth-order valence-corrected chi connectivity index (χ4v) is 4.40. The second-order valence-corrected chi connectivity index (χ2v) is 7.45. The number of hydrogen-bond donors (Lipinski definition) is 2. The van der Waals surface area contributed by atoms with Crippen LogP contribution in [0.4, 0.5) is 5.69 Å². The summed E-state index contributed by atoms with van der Waals surface area (Å²) < 4.78 is 5.34. The van der Waals surface area contributed by atoms with Crippen molar-refractivity contribution in [3.63, 3.8) is 0 Å². The number of nitrogens with zero attached hydrogens (tertiary/aromatic N) is 1. The van der Waals surface area contributed by atoms with Crippen LogP contribution in [-0.4, -0.2) is 48.6 Å². The predicted octanol–water partition coefficient (Wildman–Crippen LogP) is 1.89. The lowest BCUT2D eigenvalue weighted by atomic mass is 9.80. The van der Waals surface area contributed by atoms with Crippen molar-refractivity contribution in [2.45, 2.75) is 37.1 Å². The molecule has 3 aliphatic rings. The van der Waals surface area contributed by atoms with Crippen molar-refractivity contribution < 1.29 is 14.3 Å². The highest BCUT2D eigenvalue weighted by Gasteiger charge is 2.42. The topological polar surface area (TPSA) is 84.7 Å². The van der Waals surface area contributed by atoms with Gasteiger partial charge in [-0.15, -0.1) is 12.4 Å². The summed E-state index contributed by atoms with van der Waals surface area (Å²) in [4.78, 5) is 27.1. The minimum absolute atomic E-state index is 0. The Morgan fingerprint density at radius 1 is 1.19 bits per heavy atom. The maximum Gasteiger partial charge on any atom is 0.242 e. The van der Waals surface area contributed by atoms with Crippen LogP contribution in [0.5, 0.6) is 0 Å². The minimum Gasteiger partial charge on any atom is -0.381 e. The quantitative estimate of drug-likeness (QED) is 0.821. The van der Waals surface area contributed by atoms with Gasteiger partial charge in [0.1, 0.15) is 0 Å². The number of carbonyl (C=O) groups excluding carboxylic acids is 2. The molecule has 26 heavy (non-hydrogen) atoms. The molecular weight excluding hydrogens is 354 g/mol. The van der Waals surface area contributed by atoms with E-state index in [9.17, 15) is 9.59 Å². The number of nitrogens with one attached hydrogen (secondary N) is 1. The fourth-order valence-electron chi connectivity index (χ4n) is 4.40. The first kappa shape index (κ1) is 19.1. The van der Waals surface area contributed by atoms with Gasteiger partial charge in [-0.05, 0) is 43.2 Å². The molecule has 2 amide bonds. The Balaban J connectivity index is 0.00000196. The maximum absolute atomic E-state index is 12.8. The van der Waals surface area contributed by atoms with Gasteiger partial charge in [0.2, 0.25) is 11.8 Å². The van der Waals surface area contributed by atoms with Crippen molar-refractivity contribution in [1.29, 1.82) is 0 Å². The molecule has 3 heterocycles. The number of carbonyl (C=O) groups is 2. The Labute approximate surface area is 159 Å². The van der Waals surface area contributed by atoms with Crippen LogP contribution in [0.25, 0.3) is 0 Å². The lowest BCUT2D eigenvalue weighted by molar-refractivity contribution is -0.142. The zero-order valence-electron chi connectivity index (χ0n) is 14.8. The smallest absolute Gasteiger partial charge is 0.242 e. The average Bonchev–Trinajstić information content (AvgIpc) is 2.97. The van der Waals surface area contributed by atoms with Crippen molar-refractivity contribution in [2.75, 3.05) is 31.6 Å². The molecule has 2 fully saturated rings. The van der Waals surface area contributed by atoms with Gasteiger partial charge < -0.3 is 20.7 Å². The van der Waals surface area contributed by atoms with E-state index in [-0.39, 0.29) is 36.1 Å². The molecule has 3 N–H and O–H groups in total. The van der Waals surface area contributed by atoms with E-state index in [1.54, 1.807) is 0 Å². The second-order valence-electron chi connectivity index (χ2n) is 7.45. The lowest BCUT2D eigenvalue weighted by Crippen LogP contribution is -2.59. The molecule has 0 radical (unpaired) electrons. The van der Waals surface area contributed by atoms with Crippen LogP contribution in [0.15, 0.2) is 24.3 Å². The summed E-state index contributed by atoms with van der Waals surface area (Å²) >= 11 is 0. The third-order valence-corrected chi connectivity index (χ3v) is 5.95. The van der Waals surface area contributed by atoms with Crippen molar-refractivity contribution in [3.8, 4) is 0 Å². The minimum atomic E-state index is -0.775. The van der Waals surface area contributed by atoms with Gasteiger partial charge in [-0.2, -0.15) is 0 Å². The Bertz CT molecular complexity index is 682. The van der Waals surface area contributed by atoms with Gasteiger partial charge in [0.15, 0.2) is 0 Å². The van der Waals surface area contributed by atoms with Crippen LogP contribution >= 0.6 is 12.4 Å². The predicted molar refractivity (Wildman–Crippen MR) is 101 cm³/mol. The van der Waals surface area contributed by atoms with Crippen molar-refractivity contribution in [3.05, 3.63) is 29.8 Å². The van der Waals surface area contributed by atoms with E-state index in [0.717, 1.165) is 24.1 Å². The SMILES string of the molecule is Cl.NC1(C(=O)N2CCC(C3C(=O)Nc4ccccc43)CC2)CCOCC1. The lowest BCUT2D eigenvalue weighted by Gasteiger charge is -2.40. The van der Waals surface area contributed by atoms with Crippen LogP contribution in [-0.2, 0) is 14.3 Å². The molecule has 0 saturated carbocycles. The van der Waals surface area contributed by atoms with Crippen LogP contribution in [0.3, 0.4) is 0 Å². The number of hydrogen-bond acceptors (Lipinski definition) is 4. The summed E-state index contributed by atoms with van der Waals surface area (Å²) in [5.74, 6) is 0.315. The Kier molecular flexibility index (Phi) is 5.55. The summed E-state index contributed by atoms with van der Waals surface area (Å²) in [7, 11) is 0. The van der Waals surface area contributed by atoms with Crippen molar-refractivity contribution >= 4 is 29.9 Å². The first-order valence-electron chi connectivity index (χ1n) is 9.14. The molecule has 4 rings (SSSR count). The van der Waals surface area contributed by atoms with Gasteiger partial charge in [-0.1, -0.05) is 18.2 Å². The molecule has 0 bridgehead atoms. The molecule has 0 aromatic heterocycles. The van der Waals surface area contributed by atoms with E-state index < -0.39 is 5.54 Å². The summed E-state index contributed by atoms with van der Waals surface area (Å²) in [6.45, 7) is 2.46. The van der Waals surface area contributed by atoms with E-state index in [0.29, 0.717) is 39.1 Å². The van der Waals surface area contributed by atoms with Gasteiger partial charge in [-0.3, -0.25) is 9.59 Å². The molecule has 0 aliphatic carbocycles. The molecular formula is C19H26ClN3O3. The van der Waals surface area contributed by atoms with Gasteiger partial charge >= 0.3 is 0 Å². The monoisotopic (exact) mass is 379 g/mol. The van der Waals surface area contributed by atoms with Crippen LogP contribution < -0.4 is 11.1 Å². The molecule has 3 aliphatic heterocycles. The van der Waals surface area contributed by atoms with E-state index in [1.807, 2.05) is 29.2 Å². The van der Waals surface area contributed by atoms with Gasteiger partial charge in [0.05, 0.1) is 11.5 Å². The second kappa shape index (κ2) is 7.55. The largest absolute Gasteiger partial charge is 0.381 e. The number of piperidine rings is 1. The third-order valence-electron chi connectivity index (χ3n) is 5.95. The number of fused-ring (bicyclic) bond motifs is 1. The Hall–Kier alpha value is -1.63. The van der Waals surface area contributed by atoms with E-state index >= 15 is 0 Å². The highest BCUT2D eigenvalue weighted by atomic mass is 35.5. The molecule has 1 atom stereocenters. The van der Waals surface area contributed by atoms with Crippen LogP contribution in [0.2, 0.25) is 0 Å². The number of para-hydroxylation sites is 1. The summed E-state index contributed by atoms with van der Waals surface area (Å²) in [6.07, 6.45) is 2.85. The molecule has 6 nitrogen and oxygen atoms in total. The molecule has 1 unspecified atom stereocenters. The molecule has 1 aromatic carbocycles. The number of amides is 2. The fraction of sp³-hybridized carbons (Fsp3) is 0.579. The number of nitrogens with two attached hydrogens (primary N) is 1. The van der Waals surface area contributed by atoms with Crippen LogP contribution in [0.1, 0.15) is 37.2 Å². The van der Waals surface area contributed by atoms with E-state index in [1.165, 1.54) is 0 Å². The first-order valence-corrected chi connectivity index (χ1v) is 9.14. The van der Waals surface area contributed by atoms with Gasteiger partial charge in [0, 0.05) is 32.0 Å². The number of likely N-dealkylation sites (tertiary alicyclic amines) is 1. The van der Waals surface area contributed by atoms with Crippen molar-refractivity contribution in [2.24, 2.45) is 11.7 Å². The summed E-state index contributed by atoms with van der Waals surface area (Å²) in [5.41, 5.74) is 7.59. The van der Waals surface area contributed by atoms with Crippen molar-refractivity contribution in [1.82, 2.24) is 4.90 Å². The molecule has 2 saturated heterocycles. The number of benzene rings is 1. The highest BCUT2D eigenvalue weighted by Crippen LogP contribution is 2.41. The molecule has 142 valence electrons. The normalized spacial score (nSPS) is 25.2. The molecule has 0 spiro atoms. The first-order chi connectivity index (χ1) is 12.1. The number of rotatable bonds is 2. The van der Waals surface area contributed by atoms with Gasteiger partial charge in [0.25, 0.3) is 0 Å². The van der Waals surface area contributed by atoms with E-state index in [4.69, 9.17) is 10.5 Å². The maximum atomic E-state index is 12.8. The summed E-state index contributed by atoms with van der Waals surface area (Å²) in [5, 5.41) is 2.98. The van der Waals surface area contributed by atoms with Crippen LogP contribution in [0, 0.1) is 5.92 Å². The standard InChI is InChI=1S/C19H25N3O3.ClH/c20-19(7-11-25-12-8-19)18(24)22-9-5-13(6-10-22)16-14-3-1-2-4-15(14)21-17(16)23;/h1-4,13,16H,5-12,20H2,(H,21,23);1H. The Morgan fingerprint density at radius 3 is 2.54 bits per heavy atom. The average molecular weight is 380 g/mol. The number of anilines is 1. The highest BCUT2D eigenvalue weighted by molar-refractivity contribution is 6.03. The van der Waals surface area contributed by atoms with E-state index in [2.05, 4.69) is 5.32 Å². The summed E-state index contributed by atoms with van der Waals surface area (Å²) in [6, 6.07) is 7.91.